The molecule has 0 aromatic heterocycles. The van der Waals surface area contributed by atoms with Crippen molar-refractivity contribution in [2.24, 2.45) is 0 Å². The Kier molecular flexibility index (Phi) is 6.19. The molecular weight excluding hydrogens is 328 g/mol. The molecule has 0 aliphatic carbocycles. The van der Waals surface area contributed by atoms with Gasteiger partial charge < -0.3 is 0 Å². The van der Waals surface area contributed by atoms with Crippen molar-refractivity contribution in [1.29, 1.82) is 0 Å². The lowest BCUT2D eigenvalue weighted by Crippen LogP contribution is -2.26. The Morgan fingerprint density at radius 1 is 0.654 bits per heavy atom. The van der Waals surface area contributed by atoms with Crippen molar-refractivity contribution >= 4 is 11.9 Å². The van der Waals surface area contributed by atoms with Crippen molar-refractivity contribution in [2.75, 3.05) is 0 Å². The monoisotopic (exact) mass is 354 g/mol. The van der Waals surface area contributed by atoms with Crippen LogP contribution in [0.4, 0.5) is 0 Å². The zero-order valence-corrected chi connectivity index (χ0v) is 15.8. The average molecular weight is 354 g/mol. The summed E-state index contributed by atoms with van der Waals surface area (Å²) < 4.78 is 0. The van der Waals surface area contributed by atoms with E-state index in [-0.39, 0.29) is 12.8 Å². The molecule has 138 valence electrons. The van der Waals surface area contributed by atoms with Crippen LogP contribution in [0.3, 0.4) is 0 Å². The third-order valence-corrected chi connectivity index (χ3v) is 4.51. The molecule has 0 saturated heterocycles. The molecule has 2 aromatic rings. The highest BCUT2D eigenvalue weighted by Crippen LogP contribution is 2.28. The SMILES string of the molecule is CC(C)(CC(=O)OOC(=O)CC(C)(C)c1ccccc1)c1ccccc1. The van der Waals surface area contributed by atoms with Crippen LogP contribution in [-0.4, -0.2) is 11.9 Å². The van der Waals surface area contributed by atoms with E-state index in [1.807, 2.05) is 88.4 Å². The van der Waals surface area contributed by atoms with Gasteiger partial charge in [0.25, 0.3) is 0 Å². The molecule has 0 amide bonds. The molecule has 0 aliphatic heterocycles. The molecule has 0 aliphatic rings. The second-order valence-corrected chi connectivity index (χ2v) is 7.76. The minimum atomic E-state index is -0.565. The summed E-state index contributed by atoms with van der Waals surface area (Å²) in [4.78, 5) is 33.7. The number of hydrogen-bond donors (Lipinski definition) is 0. The van der Waals surface area contributed by atoms with Crippen LogP contribution in [0, 0.1) is 0 Å². The first-order chi connectivity index (χ1) is 12.2. The van der Waals surface area contributed by atoms with Crippen LogP contribution in [0.25, 0.3) is 0 Å². The Morgan fingerprint density at radius 2 is 0.962 bits per heavy atom. The normalized spacial score (nSPS) is 11.7. The van der Waals surface area contributed by atoms with Gasteiger partial charge in [0.2, 0.25) is 0 Å². The standard InChI is InChI=1S/C22H26O4/c1-21(2,17-11-7-5-8-12-17)15-19(23)25-26-20(24)16-22(3,4)18-13-9-6-10-14-18/h5-14H,15-16H2,1-4H3. The van der Waals surface area contributed by atoms with Crippen molar-refractivity contribution in [2.45, 2.75) is 51.4 Å². The Bertz CT molecular complexity index is 668. The smallest absolute Gasteiger partial charge is 0.247 e. The zero-order chi connectivity index (χ0) is 19.2. The first kappa shape index (κ1) is 19.7. The van der Waals surface area contributed by atoms with Crippen LogP contribution in [0.15, 0.2) is 60.7 Å². The van der Waals surface area contributed by atoms with Gasteiger partial charge in [-0.05, 0) is 11.1 Å². The second-order valence-electron chi connectivity index (χ2n) is 7.76. The summed E-state index contributed by atoms with van der Waals surface area (Å²) in [5.41, 5.74) is 1.23. The molecule has 26 heavy (non-hydrogen) atoms. The van der Waals surface area contributed by atoms with Crippen LogP contribution < -0.4 is 0 Å². The van der Waals surface area contributed by atoms with Crippen LogP contribution in [0.5, 0.6) is 0 Å². The van der Waals surface area contributed by atoms with Crippen LogP contribution >= 0.6 is 0 Å². The van der Waals surface area contributed by atoms with Gasteiger partial charge in [-0.2, -0.15) is 0 Å². The molecule has 0 N–H and O–H groups in total. The molecule has 0 unspecified atom stereocenters. The Morgan fingerprint density at radius 3 is 1.27 bits per heavy atom. The fourth-order valence-electron chi connectivity index (χ4n) is 2.86. The van der Waals surface area contributed by atoms with E-state index in [0.29, 0.717) is 0 Å². The largest absolute Gasteiger partial charge is 0.356 e. The van der Waals surface area contributed by atoms with E-state index in [2.05, 4.69) is 0 Å². The molecule has 0 atom stereocenters. The Balaban J connectivity index is 1.86. The second kappa shape index (κ2) is 8.17. The lowest BCUT2D eigenvalue weighted by atomic mass is 9.82. The quantitative estimate of drug-likeness (QED) is 0.556. The van der Waals surface area contributed by atoms with Crippen LogP contribution in [-0.2, 0) is 30.2 Å². The summed E-state index contributed by atoms with van der Waals surface area (Å²) in [5, 5.41) is 0. The molecule has 0 bridgehead atoms. The molecule has 0 fully saturated rings. The molecule has 0 radical (unpaired) electrons. The average Bonchev–Trinajstić information content (AvgIpc) is 2.61. The van der Waals surface area contributed by atoms with E-state index in [1.54, 1.807) is 0 Å². The summed E-state index contributed by atoms with van der Waals surface area (Å²) in [5.74, 6) is -1.13. The first-order valence-electron chi connectivity index (χ1n) is 8.72. The summed E-state index contributed by atoms with van der Waals surface area (Å²) in [6, 6.07) is 19.4. The number of carbonyl (C=O) groups excluding carboxylic acids is 2. The van der Waals surface area contributed by atoms with E-state index in [4.69, 9.17) is 9.78 Å². The third kappa shape index (κ3) is 5.45. The number of rotatable bonds is 6. The molecule has 2 aromatic carbocycles. The molecule has 2 rings (SSSR count). The maximum absolute atomic E-state index is 12.1. The summed E-state index contributed by atoms with van der Waals surface area (Å²) in [6.45, 7) is 7.79. The number of carbonyl (C=O) groups is 2. The van der Waals surface area contributed by atoms with Gasteiger partial charge in [0, 0.05) is 10.8 Å². The van der Waals surface area contributed by atoms with Gasteiger partial charge in [-0.1, -0.05) is 88.4 Å². The lowest BCUT2D eigenvalue weighted by molar-refractivity contribution is -0.260. The van der Waals surface area contributed by atoms with Gasteiger partial charge in [0.05, 0.1) is 12.8 Å². The number of benzene rings is 2. The molecule has 4 nitrogen and oxygen atoms in total. The van der Waals surface area contributed by atoms with Crippen molar-refractivity contribution in [1.82, 2.24) is 0 Å². The van der Waals surface area contributed by atoms with Gasteiger partial charge >= 0.3 is 11.9 Å². The van der Waals surface area contributed by atoms with Gasteiger partial charge in [-0.25, -0.2) is 19.4 Å². The van der Waals surface area contributed by atoms with E-state index in [9.17, 15) is 9.59 Å². The molecule has 0 spiro atoms. The molecular formula is C22H26O4. The number of hydrogen-bond acceptors (Lipinski definition) is 4. The van der Waals surface area contributed by atoms with Gasteiger partial charge in [0.1, 0.15) is 0 Å². The maximum atomic E-state index is 12.1. The van der Waals surface area contributed by atoms with Gasteiger partial charge in [-0.3, -0.25) is 0 Å². The van der Waals surface area contributed by atoms with E-state index >= 15 is 0 Å². The predicted octanol–water partition coefficient (Wildman–Crippen LogP) is 4.72. The fourth-order valence-corrected chi connectivity index (χ4v) is 2.86. The highest BCUT2D eigenvalue weighted by Gasteiger charge is 2.28. The highest BCUT2D eigenvalue weighted by atomic mass is 17.2. The Hall–Kier alpha value is -2.62. The van der Waals surface area contributed by atoms with Gasteiger partial charge in [0.15, 0.2) is 0 Å². The highest BCUT2D eigenvalue weighted by molar-refractivity contribution is 5.74. The van der Waals surface area contributed by atoms with Gasteiger partial charge in [-0.15, -0.1) is 0 Å². The molecule has 0 heterocycles. The predicted molar refractivity (Wildman–Crippen MR) is 100 cm³/mol. The minimum absolute atomic E-state index is 0.117. The maximum Gasteiger partial charge on any atom is 0.356 e. The topological polar surface area (TPSA) is 52.6 Å². The lowest BCUT2D eigenvalue weighted by Gasteiger charge is -2.24. The minimum Gasteiger partial charge on any atom is -0.247 e. The molecule has 4 heteroatoms. The van der Waals surface area contributed by atoms with E-state index < -0.39 is 22.8 Å². The summed E-state index contributed by atoms with van der Waals surface area (Å²) in [7, 11) is 0. The molecule has 0 saturated carbocycles. The van der Waals surface area contributed by atoms with E-state index in [1.165, 1.54) is 0 Å². The van der Waals surface area contributed by atoms with Crippen molar-refractivity contribution < 1.29 is 19.4 Å². The third-order valence-electron chi connectivity index (χ3n) is 4.51. The zero-order valence-electron chi connectivity index (χ0n) is 15.8. The van der Waals surface area contributed by atoms with Crippen LogP contribution in [0.1, 0.15) is 51.7 Å². The van der Waals surface area contributed by atoms with Crippen molar-refractivity contribution in [3.8, 4) is 0 Å². The Labute approximate surface area is 155 Å². The van der Waals surface area contributed by atoms with Crippen molar-refractivity contribution in [3.05, 3.63) is 71.8 Å². The summed E-state index contributed by atoms with van der Waals surface area (Å²) in [6.07, 6.45) is 0.235. The first-order valence-corrected chi connectivity index (χ1v) is 8.72. The van der Waals surface area contributed by atoms with E-state index in [0.717, 1.165) is 11.1 Å². The van der Waals surface area contributed by atoms with Crippen molar-refractivity contribution in [3.63, 3.8) is 0 Å². The van der Waals surface area contributed by atoms with Crippen LogP contribution in [0.2, 0.25) is 0 Å². The fraction of sp³-hybridized carbons (Fsp3) is 0.364. The summed E-state index contributed by atoms with van der Waals surface area (Å²) >= 11 is 0.